The number of carbonyl (C=O) groups is 3. The third-order valence-electron chi connectivity index (χ3n) is 6.55. The van der Waals surface area contributed by atoms with Crippen molar-refractivity contribution in [3.8, 4) is 16.9 Å². The van der Waals surface area contributed by atoms with Gasteiger partial charge in [-0.05, 0) is 65.6 Å². The normalized spacial score (nSPS) is 15.4. The first-order valence-electron chi connectivity index (χ1n) is 13.1. The van der Waals surface area contributed by atoms with Crippen LogP contribution in [0.4, 0.5) is 10.5 Å². The second-order valence-corrected chi connectivity index (χ2v) is 9.86. The van der Waals surface area contributed by atoms with Gasteiger partial charge in [0.1, 0.15) is 12.2 Å². The summed E-state index contributed by atoms with van der Waals surface area (Å²) in [5.41, 5.74) is 3.66. The van der Waals surface area contributed by atoms with Gasteiger partial charge in [-0.15, -0.1) is 5.10 Å². The molecule has 14 heteroatoms. The van der Waals surface area contributed by atoms with Gasteiger partial charge in [0.2, 0.25) is 5.91 Å². The summed E-state index contributed by atoms with van der Waals surface area (Å²) in [5, 5.41) is 17.5. The smallest absolute Gasteiger partial charge is 0.411 e. The molecular weight excluding hydrogens is 564 g/mol. The van der Waals surface area contributed by atoms with Crippen molar-refractivity contribution in [3.63, 3.8) is 0 Å². The van der Waals surface area contributed by atoms with Crippen LogP contribution in [0.2, 0.25) is 5.02 Å². The number of nitrogens with one attached hydrogen (secondary N) is 3. The highest BCUT2D eigenvalue weighted by Crippen LogP contribution is 2.30. The van der Waals surface area contributed by atoms with E-state index in [9.17, 15) is 14.4 Å². The third kappa shape index (κ3) is 6.99. The lowest BCUT2D eigenvalue weighted by molar-refractivity contribution is -0.139. The van der Waals surface area contributed by atoms with Gasteiger partial charge in [0.05, 0.1) is 49.4 Å². The average molecular weight is 591 g/mol. The summed E-state index contributed by atoms with van der Waals surface area (Å²) in [4.78, 5) is 45.2. The number of rotatable bonds is 6. The minimum absolute atomic E-state index is 0.0444. The zero-order valence-corrected chi connectivity index (χ0v) is 23.3. The van der Waals surface area contributed by atoms with Crippen LogP contribution in [0, 0.1) is 0 Å². The van der Waals surface area contributed by atoms with Crippen LogP contribution in [-0.2, 0) is 25.5 Å². The Labute approximate surface area is 245 Å². The molecule has 13 nitrogen and oxygen atoms in total. The molecule has 2 aromatic carbocycles. The third-order valence-corrected chi connectivity index (χ3v) is 6.78. The van der Waals surface area contributed by atoms with E-state index in [1.54, 1.807) is 48.7 Å². The molecule has 2 aromatic heterocycles. The standard InChI is InChI=1S/C28H27ClN8O5/c1-41-26(39)13-17-5-8-20-22(12-17)34-28(40)42-11-3-2-4-21(27-30-15-23(20)33-27)32-25(38)10-6-18-14-19(29)7-9-24(18)37-16-31-35-36-37/h5-10,12,14-16,21H,2-4,11,13H2,1H3,(H,30,33)(H,32,38)(H,34,40)/b10-6+/t21-/m0/s1. The molecule has 3 N–H and O–H groups in total. The zero-order chi connectivity index (χ0) is 29.5. The van der Waals surface area contributed by atoms with E-state index in [2.05, 4.69) is 36.1 Å². The molecule has 0 saturated carbocycles. The first kappa shape index (κ1) is 28.5. The van der Waals surface area contributed by atoms with E-state index in [4.69, 9.17) is 21.1 Å². The molecule has 2 amide bonds. The largest absolute Gasteiger partial charge is 0.469 e. The monoisotopic (exact) mass is 590 g/mol. The maximum absolute atomic E-state index is 13.1. The number of benzene rings is 2. The molecule has 2 bridgehead atoms. The summed E-state index contributed by atoms with van der Waals surface area (Å²) < 4.78 is 11.6. The SMILES string of the molecule is COC(=O)Cc1ccc2c(c1)NC(=O)OCCCC[C@H](NC(=O)/C=C/c1cc(Cl)ccc1-n1cnnn1)c1ncc-2[nH]1. The second-order valence-electron chi connectivity index (χ2n) is 9.42. The van der Waals surface area contributed by atoms with E-state index in [1.165, 1.54) is 24.2 Å². The Morgan fingerprint density at radius 2 is 2.12 bits per heavy atom. The fourth-order valence-corrected chi connectivity index (χ4v) is 4.67. The van der Waals surface area contributed by atoms with Gasteiger partial charge in [-0.3, -0.25) is 14.9 Å². The van der Waals surface area contributed by atoms with Crippen LogP contribution in [0.5, 0.6) is 0 Å². The summed E-state index contributed by atoms with van der Waals surface area (Å²) in [7, 11) is 1.32. The van der Waals surface area contributed by atoms with Crippen molar-refractivity contribution in [2.45, 2.75) is 31.7 Å². The Bertz CT molecular complexity index is 1620. The Morgan fingerprint density at radius 3 is 2.93 bits per heavy atom. The minimum Gasteiger partial charge on any atom is -0.469 e. The highest BCUT2D eigenvalue weighted by Gasteiger charge is 2.20. The lowest BCUT2D eigenvalue weighted by Gasteiger charge is -2.16. The van der Waals surface area contributed by atoms with Crippen molar-refractivity contribution in [2.24, 2.45) is 0 Å². The number of H-pyrrole nitrogens is 1. The number of nitrogens with zero attached hydrogens (tertiary/aromatic N) is 5. The number of ether oxygens (including phenoxy) is 2. The van der Waals surface area contributed by atoms with Crippen molar-refractivity contribution in [1.29, 1.82) is 0 Å². The number of aromatic amines is 1. The molecule has 0 radical (unpaired) electrons. The van der Waals surface area contributed by atoms with Gasteiger partial charge in [0, 0.05) is 22.2 Å². The number of hydrogen-bond donors (Lipinski definition) is 3. The van der Waals surface area contributed by atoms with E-state index >= 15 is 0 Å². The number of methoxy groups -OCH3 is 1. The number of carbonyl (C=O) groups excluding carboxylic acids is 3. The van der Waals surface area contributed by atoms with Crippen molar-refractivity contribution < 1.29 is 23.9 Å². The van der Waals surface area contributed by atoms with Crippen molar-refractivity contribution in [1.82, 2.24) is 35.5 Å². The van der Waals surface area contributed by atoms with E-state index in [1.807, 2.05) is 0 Å². The topological polar surface area (TPSA) is 166 Å². The molecule has 1 aliphatic rings. The summed E-state index contributed by atoms with van der Waals surface area (Å²) in [5.74, 6) is -0.188. The molecule has 0 saturated heterocycles. The van der Waals surface area contributed by atoms with Crippen LogP contribution in [0.1, 0.15) is 42.3 Å². The Morgan fingerprint density at radius 1 is 1.24 bits per heavy atom. The molecule has 5 rings (SSSR count). The van der Waals surface area contributed by atoms with Crippen molar-refractivity contribution >= 4 is 41.3 Å². The molecule has 0 aliphatic carbocycles. The van der Waals surface area contributed by atoms with E-state index < -0.39 is 18.1 Å². The van der Waals surface area contributed by atoms with Crippen molar-refractivity contribution in [3.05, 3.63) is 77.0 Å². The lowest BCUT2D eigenvalue weighted by Crippen LogP contribution is -2.27. The predicted molar refractivity (Wildman–Crippen MR) is 153 cm³/mol. The molecule has 1 aliphatic heterocycles. The molecule has 216 valence electrons. The number of esters is 1. The van der Waals surface area contributed by atoms with Crippen LogP contribution in [-0.4, -0.2) is 61.9 Å². The molecule has 0 spiro atoms. The number of aromatic nitrogens is 6. The van der Waals surface area contributed by atoms with Crippen molar-refractivity contribution in [2.75, 3.05) is 19.0 Å². The number of hydrogen-bond acceptors (Lipinski definition) is 9. The Hall–Kier alpha value is -5.04. The van der Waals surface area contributed by atoms with Gasteiger partial charge < -0.3 is 19.8 Å². The molecule has 0 fully saturated rings. The number of amides is 2. The second kappa shape index (κ2) is 13.1. The molecular formula is C28H27ClN8O5. The number of imidazole rings is 1. The van der Waals surface area contributed by atoms with Crippen LogP contribution in [0.3, 0.4) is 0 Å². The van der Waals surface area contributed by atoms with Gasteiger partial charge in [0.15, 0.2) is 0 Å². The molecule has 0 unspecified atom stereocenters. The number of cyclic esters (lactones) is 1. The predicted octanol–water partition coefficient (Wildman–Crippen LogP) is 4.02. The number of halogens is 1. The maximum atomic E-state index is 13.1. The van der Waals surface area contributed by atoms with Gasteiger partial charge >= 0.3 is 12.1 Å². The number of tetrazole rings is 1. The van der Waals surface area contributed by atoms with Gasteiger partial charge in [-0.25, -0.2) is 9.78 Å². The number of fused-ring (bicyclic) bond motifs is 4. The molecule has 4 aromatic rings. The molecule has 3 heterocycles. The molecule has 42 heavy (non-hydrogen) atoms. The summed E-state index contributed by atoms with van der Waals surface area (Å²) in [6, 6.07) is 9.97. The Balaban J connectivity index is 1.39. The van der Waals surface area contributed by atoms with Gasteiger partial charge in [-0.2, -0.15) is 4.68 Å². The minimum atomic E-state index is -0.609. The molecule has 1 atom stereocenters. The summed E-state index contributed by atoms with van der Waals surface area (Å²) in [6.07, 6.45) is 7.36. The quantitative estimate of drug-likeness (QED) is 0.222. The van der Waals surface area contributed by atoms with Crippen LogP contribution in [0.15, 0.2) is 55.0 Å². The highest BCUT2D eigenvalue weighted by molar-refractivity contribution is 6.30. The first-order chi connectivity index (χ1) is 20.4. The van der Waals surface area contributed by atoms with E-state index in [0.717, 1.165) is 0 Å². The average Bonchev–Trinajstić information content (AvgIpc) is 3.68. The lowest BCUT2D eigenvalue weighted by atomic mass is 10.0. The van der Waals surface area contributed by atoms with E-state index in [-0.39, 0.29) is 18.9 Å². The fraction of sp³-hybridized carbons (Fsp3) is 0.250. The summed E-state index contributed by atoms with van der Waals surface area (Å²) in [6.45, 7) is 0.195. The number of anilines is 1. The fourth-order valence-electron chi connectivity index (χ4n) is 4.49. The maximum Gasteiger partial charge on any atom is 0.411 e. The van der Waals surface area contributed by atoms with Gasteiger partial charge in [0.25, 0.3) is 0 Å². The van der Waals surface area contributed by atoms with Crippen LogP contribution < -0.4 is 10.6 Å². The highest BCUT2D eigenvalue weighted by atomic mass is 35.5. The zero-order valence-electron chi connectivity index (χ0n) is 22.5. The summed E-state index contributed by atoms with van der Waals surface area (Å²) >= 11 is 6.19. The van der Waals surface area contributed by atoms with Crippen LogP contribution in [0.25, 0.3) is 23.0 Å². The van der Waals surface area contributed by atoms with E-state index in [0.29, 0.717) is 63.9 Å². The Kier molecular flexibility index (Phi) is 8.87. The van der Waals surface area contributed by atoms with Crippen LogP contribution >= 0.6 is 11.6 Å². The van der Waals surface area contributed by atoms with Gasteiger partial charge in [-0.1, -0.05) is 23.7 Å². The first-order valence-corrected chi connectivity index (χ1v) is 13.5.